The van der Waals surface area contributed by atoms with Gasteiger partial charge in [0.05, 0.1) is 9.79 Å². The molecule has 0 aliphatic rings. The van der Waals surface area contributed by atoms with Gasteiger partial charge in [0.1, 0.15) is 11.5 Å². The first-order chi connectivity index (χ1) is 15.9. The van der Waals surface area contributed by atoms with Crippen molar-refractivity contribution >= 4 is 21.2 Å². The van der Waals surface area contributed by atoms with Gasteiger partial charge in [0.25, 0.3) is 0 Å². The van der Waals surface area contributed by atoms with E-state index in [1.54, 1.807) is 72.8 Å². The number of hydrogen-bond donors (Lipinski definition) is 4. The van der Waals surface area contributed by atoms with Crippen molar-refractivity contribution in [3.8, 4) is 11.5 Å². The van der Waals surface area contributed by atoms with Crippen LogP contribution in [0.3, 0.4) is 0 Å². The van der Waals surface area contributed by atoms with E-state index < -0.39 is 9.84 Å². The molecule has 0 saturated carbocycles. The highest BCUT2D eigenvalue weighted by Crippen LogP contribution is 2.25. The monoisotopic (exact) mass is 460 g/mol. The van der Waals surface area contributed by atoms with Gasteiger partial charge in [0.15, 0.2) is 0 Å². The Morgan fingerprint density at radius 1 is 0.545 bits per heavy atom. The molecule has 0 bridgehead atoms. The molecular weight excluding hydrogens is 436 g/mol. The molecule has 0 unspecified atom stereocenters. The Morgan fingerprint density at radius 2 is 0.909 bits per heavy atom. The van der Waals surface area contributed by atoms with Crippen LogP contribution in [-0.4, -0.2) is 18.6 Å². The fourth-order valence-corrected chi connectivity index (χ4v) is 4.62. The van der Waals surface area contributed by atoms with E-state index in [0.29, 0.717) is 13.1 Å². The van der Waals surface area contributed by atoms with Gasteiger partial charge in [-0.05, 0) is 60.7 Å². The van der Waals surface area contributed by atoms with Crippen LogP contribution in [0.15, 0.2) is 107 Å². The van der Waals surface area contributed by atoms with E-state index in [4.69, 9.17) is 0 Å². The minimum Gasteiger partial charge on any atom is -0.508 e. The standard InChI is InChI=1S/C26H24N2O4S/c29-25-7-3-1-5-19(25)17-27-21-9-13-23(14-10-21)33(31,32)24-15-11-22(12-16-24)28-18-20-6-2-4-8-26(20)30/h1-16,27-30H,17-18H2. The van der Waals surface area contributed by atoms with E-state index in [0.717, 1.165) is 22.5 Å². The highest BCUT2D eigenvalue weighted by atomic mass is 32.2. The fourth-order valence-electron chi connectivity index (χ4n) is 3.36. The van der Waals surface area contributed by atoms with Gasteiger partial charge in [-0.15, -0.1) is 0 Å². The van der Waals surface area contributed by atoms with Crippen LogP contribution in [0, 0.1) is 0 Å². The molecule has 0 aliphatic heterocycles. The van der Waals surface area contributed by atoms with Crippen LogP contribution in [0.4, 0.5) is 11.4 Å². The van der Waals surface area contributed by atoms with E-state index in [-0.39, 0.29) is 21.3 Å². The third-order valence-corrected chi connectivity index (χ3v) is 7.06. The Balaban J connectivity index is 1.41. The molecule has 7 heteroatoms. The molecule has 0 saturated heterocycles. The summed E-state index contributed by atoms with van der Waals surface area (Å²) in [6.45, 7) is 0.849. The minimum absolute atomic E-state index is 0.200. The largest absolute Gasteiger partial charge is 0.508 e. The summed E-state index contributed by atoms with van der Waals surface area (Å²) >= 11 is 0. The molecule has 4 rings (SSSR count). The molecule has 0 aromatic heterocycles. The van der Waals surface area contributed by atoms with Crippen molar-refractivity contribution in [2.45, 2.75) is 22.9 Å². The van der Waals surface area contributed by atoms with Crippen LogP contribution in [0.2, 0.25) is 0 Å². The maximum atomic E-state index is 13.0. The Bertz CT molecular complexity index is 1240. The first-order valence-corrected chi connectivity index (χ1v) is 11.9. The summed E-state index contributed by atoms with van der Waals surface area (Å²) in [5, 5.41) is 26.1. The molecule has 0 atom stereocenters. The summed E-state index contributed by atoms with van der Waals surface area (Å²) in [7, 11) is -3.66. The second-order valence-corrected chi connectivity index (χ2v) is 9.47. The topological polar surface area (TPSA) is 98.7 Å². The second kappa shape index (κ2) is 9.67. The van der Waals surface area contributed by atoms with Gasteiger partial charge < -0.3 is 20.8 Å². The van der Waals surface area contributed by atoms with Crippen molar-refractivity contribution in [1.29, 1.82) is 0 Å². The number of anilines is 2. The van der Waals surface area contributed by atoms with Gasteiger partial charge in [-0.1, -0.05) is 36.4 Å². The quantitative estimate of drug-likeness (QED) is 0.290. The van der Waals surface area contributed by atoms with Gasteiger partial charge in [0.2, 0.25) is 9.84 Å². The average molecular weight is 461 g/mol. The fraction of sp³-hybridized carbons (Fsp3) is 0.0769. The maximum Gasteiger partial charge on any atom is 0.206 e. The number of phenolic OH excluding ortho intramolecular Hbond substituents is 2. The molecule has 0 spiro atoms. The summed E-state index contributed by atoms with van der Waals surface area (Å²) in [6.07, 6.45) is 0. The highest BCUT2D eigenvalue weighted by Gasteiger charge is 2.17. The van der Waals surface area contributed by atoms with Crippen molar-refractivity contribution in [2.24, 2.45) is 0 Å². The summed E-state index contributed by atoms with van der Waals surface area (Å²) < 4.78 is 26.0. The average Bonchev–Trinajstić information content (AvgIpc) is 2.83. The smallest absolute Gasteiger partial charge is 0.206 e. The number of phenols is 2. The zero-order valence-corrected chi connectivity index (χ0v) is 18.6. The number of sulfone groups is 1. The molecular formula is C26H24N2O4S. The van der Waals surface area contributed by atoms with E-state index in [1.807, 2.05) is 24.3 Å². The molecule has 4 aromatic rings. The molecule has 0 fully saturated rings. The van der Waals surface area contributed by atoms with Gasteiger partial charge in [-0.25, -0.2) is 8.42 Å². The molecule has 0 radical (unpaired) electrons. The number of benzene rings is 4. The van der Waals surface area contributed by atoms with Gasteiger partial charge in [-0.2, -0.15) is 0 Å². The lowest BCUT2D eigenvalue weighted by molar-refractivity contribution is 0.468. The maximum absolute atomic E-state index is 13.0. The van der Waals surface area contributed by atoms with E-state index in [1.165, 1.54) is 0 Å². The molecule has 4 aromatic carbocycles. The Morgan fingerprint density at radius 3 is 1.27 bits per heavy atom. The van der Waals surface area contributed by atoms with Crippen molar-refractivity contribution in [3.63, 3.8) is 0 Å². The molecule has 4 N–H and O–H groups in total. The molecule has 168 valence electrons. The summed E-state index contributed by atoms with van der Waals surface area (Å²) in [5.74, 6) is 0.422. The number of rotatable bonds is 8. The van der Waals surface area contributed by atoms with Crippen LogP contribution in [0.25, 0.3) is 0 Å². The molecule has 6 nitrogen and oxygen atoms in total. The van der Waals surface area contributed by atoms with E-state index in [9.17, 15) is 18.6 Å². The van der Waals surface area contributed by atoms with E-state index in [2.05, 4.69) is 10.6 Å². The van der Waals surface area contributed by atoms with Crippen LogP contribution < -0.4 is 10.6 Å². The van der Waals surface area contributed by atoms with Crippen LogP contribution in [-0.2, 0) is 22.9 Å². The zero-order chi connectivity index (χ0) is 23.3. The van der Waals surface area contributed by atoms with Crippen LogP contribution >= 0.6 is 0 Å². The van der Waals surface area contributed by atoms with Gasteiger partial charge >= 0.3 is 0 Å². The third kappa shape index (κ3) is 5.27. The summed E-state index contributed by atoms with van der Waals surface area (Å²) in [6, 6.07) is 27.2. The van der Waals surface area contributed by atoms with Gasteiger partial charge in [0, 0.05) is 35.6 Å². The molecule has 0 heterocycles. The first-order valence-electron chi connectivity index (χ1n) is 10.4. The second-order valence-electron chi connectivity index (χ2n) is 7.52. The molecule has 0 amide bonds. The lowest BCUT2D eigenvalue weighted by Crippen LogP contribution is -2.04. The number of aromatic hydroxyl groups is 2. The van der Waals surface area contributed by atoms with Gasteiger partial charge in [-0.3, -0.25) is 0 Å². The number of para-hydroxylation sites is 2. The predicted molar refractivity (Wildman–Crippen MR) is 129 cm³/mol. The van der Waals surface area contributed by atoms with Crippen molar-refractivity contribution in [2.75, 3.05) is 10.6 Å². The lowest BCUT2D eigenvalue weighted by atomic mass is 10.2. The summed E-state index contributed by atoms with van der Waals surface area (Å²) in [5.41, 5.74) is 3.01. The zero-order valence-electron chi connectivity index (χ0n) is 17.8. The molecule has 0 aliphatic carbocycles. The van der Waals surface area contributed by atoms with Crippen LogP contribution in [0.1, 0.15) is 11.1 Å². The minimum atomic E-state index is -3.66. The highest BCUT2D eigenvalue weighted by molar-refractivity contribution is 7.91. The summed E-state index contributed by atoms with van der Waals surface area (Å²) in [4.78, 5) is 0.399. The SMILES string of the molecule is O=S(=O)(c1ccc(NCc2ccccc2O)cc1)c1ccc(NCc2ccccc2O)cc1. The third-order valence-electron chi connectivity index (χ3n) is 5.28. The predicted octanol–water partition coefficient (Wildman–Crippen LogP) is 5.15. The number of nitrogens with one attached hydrogen (secondary N) is 2. The first kappa shape index (κ1) is 22.2. The van der Waals surface area contributed by atoms with Crippen molar-refractivity contribution in [3.05, 3.63) is 108 Å². The Kier molecular flexibility index (Phi) is 6.51. The van der Waals surface area contributed by atoms with Crippen molar-refractivity contribution in [1.82, 2.24) is 0 Å². The van der Waals surface area contributed by atoms with E-state index >= 15 is 0 Å². The molecule has 33 heavy (non-hydrogen) atoms. The van der Waals surface area contributed by atoms with Crippen molar-refractivity contribution < 1.29 is 18.6 Å². The Labute approximate surface area is 193 Å². The normalized spacial score (nSPS) is 11.2. The Hall–Kier alpha value is -3.97. The lowest BCUT2D eigenvalue weighted by Gasteiger charge is -2.11. The van der Waals surface area contributed by atoms with Crippen LogP contribution in [0.5, 0.6) is 11.5 Å². The number of hydrogen-bond acceptors (Lipinski definition) is 6.